The van der Waals surface area contributed by atoms with Crippen LogP contribution in [0.15, 0.2) is 59.4 Å². The van der Waals surface area contributed by atoms with E-state index >= 15 is 0 Å². The average molecular weight is 406 g/mol. The molecule has 0 aliphatic carbocycles. The Morgan fingerprint density at radius 3 is 2.33 bits per heavy atom. The molecule has 2 amide bonds. The maximum absolute atomic E-state index is 13.0. The van der Waals surface area contributed by atoms with E-state index in [1.807, 2.05) is 44.2 Å². The Hall–Kier alpha value is -3.48. The summed E-state index contributed by atoms with van der Waals surface area (Å²) >= 11 is 0. The fourth-order valence-electron chi connectivity index (χ4n) is 3.37. The van der Waals surface area contributed by atoms with Crippen molar-refractivity contribution in [1.82, 2.24) is 20.4 Å². The van der Waals surface area contributed by atoms with Crippen LogP contribution in [0, 0.1) is 5.92 Å². The Kier molecular flexibility index (Phi) is 6.61. The number of nitrogens with zero attached hydrogens (tertiary/aromatic N) is 2. The largest absolute Gasteiger partial charge is 0.344 e. The second kappa shape index (κ2) is 9.35. The molecular weight excluding hydrogens is 380 g/mol. The fraction of sp³-hybridized carbons (Fsp3) is 0.304. The second-order valence-corrected chi connectivity index (χ2v) is 7.69. The van der Waals surface area contributed by atoms with Gasteiger partial charge in [0.15, 0.2) is 0 Å². The maximum atomic E-state index is 13.0. The lowest BCUT2D eigenvalue weighted by atomic mass is 10.0. The number of nitrogens with one attached hydrogen (secondary N) is 2. The molecule has 0 saturated carbocycles. The number of aromatic amines is 1. The first-order valence-electron chi connectivity index (χ1n) is 9.91. The molecule has 1 aromatic heterocycles. The number of benzene rings is 2. The zero-order chi connectivity index (χ0) is 21.7. The first-order valence-corrected chi connectivity index (χ1v) is 9.91. The lowest BCUT2D eigenvalue weighted by Crippen LogP contribution is -2.50. The van der Waals surface area contributed by atoms with E-state index in [4.69, 9.17) is 0 Å². The highest BCUT2D eigenvalue weighted by Crippen LogP contribution is 2.14. The van der Waals surface area contributed by atoms with E-state index in [-0.39, 0.29) is 29.7 Å². The van der Waals surface area contributed by atoms with Crippen LogP contribution in [0.1, 0.15) is 25.1 Å². The first-order chi connectivity index (χ1) is 14.4. The van der Waals surface area contributed by atoms with E-state index in [1.54, 1.807) is 36.2 Å². The van der Waals surface area contributed by atoms with Crippen LogP contribution in [0.5, 0.6) is 0 Å². The predicted octanol–water partition coefficient (Wildman–Crippen LogP) is 2.26. The summed E-state index contributed by atoms with van der Waals surface area (Å²) < 4.78 is 0. The molecule has 7 nitrogen and oxygen atoms in total. The summed E-state index contributed by atoms with van der Waals surface area (Å²) in [7, 11) is 1.73. The quantitative estimate of drug-likeness (QED) is 0.629. The second-order valence-electron chi connectivity index (χ2n) is 7.69. The smallest absolute Gasteiger partial charge is 0.272 e. The van der Waals surface area contributed by atoms with E-state index in [1.165, 1.54) is 0 Å². The maximum Gasteiger partial charge on any atom is 0.272 e. The summed E-state index contributed by atoms with van der Waals surface area (Å²) in [5, 5.41) is 10.4. The molecular formula is C23H26N4O3. The van der Waals surface area contributed by atoms with Crippen LogP contribution in [0.3, 0.4) is 0 Å². The van der Waals surface area contributed by atoms with Gasteiger partial charge >= 0.3 is 0 Å². The van der Waals surface area contributed by atoms with Crippen LogP contribution in [0.2, 0.25) is 0 Å². The first kappa shape index (κ1) is 21.2. The van der Waals surface area contributed by atoms with Gasteiger partial charge in [0.1, 0.15) is 6.04 Å². The molecule has 0 fully saturated rings. The van der Waals surface area contributed by atoms with Gasteiger partial charge in [-0.3, -0.25) is 14.4 Å². The molecule has 0 aliphatic rings. The van der Waals surface area contributed by atoms with E-state index in [0.717, 1.165) is 5.56 Å². The SMILES string of the molecule is CC(C)C(NC(=O)Cc1n[nH]c(=O)c2ccccc12)C(=O)N(C)Cc1ccccc1. The fourth-order valence-corrected chi connectivity index (χ4v) is 3.37. The van der Waals surface area contributed by atoms with Gasteiger partial charge in [0.25, 0.3) is 5.56 Å². The van der Waals surface area contributed by atoms with Crippen molar-refractivity contribution >= 4 is 22.6 Å². The van der Waals surface area contributed by atoms with E-state index in [0.29, 0.717) is 23.0 Å². The molecule has 1 unspecified atom stereocenters. The Bertz CT molecular complexity index is 1090. The molecule has 7 heteroatoms. The van der Waals surface area contributed by atoms with Gasteiger partial charge in [0, 0.05) is 19.0 Å². The molecule has 1 atom stereocenters. The highest BCUT2D eigenvalue weighted by molar-refractivity contribution is 5.91. The number of carbonyl (C=O) groups excluding carboxylic acids is 2. The van der Waals surface area contributed by atoms with Crippen molar-refractivity contribution < 1.29 is 9.59 Å². The number of fused-ring (bicyclic) bond motifs is 1. The van der Waals surface area contributed by atoms with Crippen LogP contribution in [-0.4, -0.2) is 40.0 Å². The van der Waals surface area contributed by atoms with Crippen molar-refractivity contribution in [2.45, 2.75) is 32.9 Å². The van der Waals surface area contributed by atoms with E-state index in [9.17, 15) is 14.4 Å². The molecule has 0 saturated heterocycles. The summed E-state index contributed by atoms with van der Waals surface area (Å²) in [5.41, 5.74) is 1.19. The molecule has 1 heterocycles. The molecule has 30 heavy (non-hydrogen) atoms. The zero-order valence-electron chi connectivity index (χ0n) is 17.4. The van der Waals surface area contributed by atoms with Crippen LogP contribution in [-0.2, 0) is 22.6 Å². The standard InChI is InChI=1S/C23H26N4O3/c1-15(2)21(23(30)27(3)14-16-9-5-4-6-10-16)24-20(28)13-19-17-11-7-8-12-18(17)22(29)26-25-19/h4-12,15,21H,13-14H2,1-3H3,(H,24,28)(H,26,29). The molecule has 0 bridgehead atoms. The molecule has 0 radical (unpaired) electrons. The average Bonchev–Trinajstić information content (AvgIpc) is 2.74. The number of amides is 2. The van der Waals surface area contributed by atoms with Gasteiger partial charge in [-0.25, -0.2) is 5.10 Å². The zero-order valence-corrected chi connectivity index (χ0v) is 17.4. The monoisotopic (exact) mass is 406 g/mol. The molecule has 2 aromatic carbocycles. The minimum Gasteiger partial charge on any atom is -0.344 e. The van der Waals surface area contributed by atoms with Gasteiger partial charge in [-0.05, 0) is 17.5 Å². The number of carbonyl (C=O) groups is 2. The van der Waals surface area contributed by atoms with E-state index in [2.05, 4.69) is 15.5 Å². The van der Waals surface area contributed by atoms with Crippen molar-refractivity contribution in [1.29, 1.82) is 0 Å². The highest BCUT2D eigenvalue weighted by Gasteiger charge is 2.27. The minimum absolute atomic E-state index is 0.0316. The Balaban J connectivity index is 1.72. The Morgan fingerprint density at radius 1 is 1.03 bits per heavy atom. The number of hydrogen-bond acceptors (Lipinski definition) is 4. The lowest BCUT2D eigenvalue weighted by Gasteiger charge is -2.27. The third kappa shape index (κ3) is 4.92. The molecule has 156 valence electrons. The number of rotatable bonds is 7. The van der Waals surface area contributed by atoms with Gasteiger partial charge in [0.05, 0.1) is 17.5 Å². The van der Waals surface area contributed by atoms with Crippen molar-refractivity contribution in [3.63, 3.8) is 0 Å². The Morgan fingerprint density at radius 2 is 1.67 bits per heavy atom. The van der Waals surface area contributed by atoms with Crippen molar-refractivity contribution in [3.8, 4) is 0 Å². The van der Waals surface area contributed by atoms with Crippen LogP contribution >= 0.6 is 0 Å². The summed E-state index contributed by atoms with van der Waals surface area (Å²) in [6, 6.07) is 16.1. The summed E-state index contributed by atoms with van der Waals surface area (Å²) in [6.07, 6.45) is -0.0316. The van der Waals surface area contributed by atoms with Crippen LogP contribution in [0.25, 0.3) is 10.8 Å². The Labute approximate surface area is 175 Å². The van der Waals surface area contributed by atoms with Gasteiger partial charge in [-0.1, -0.05) is 62.4 Å². The third-order valence-electron chi connectivity index (χ3n) is 4.99. The summed E-state index contributed by atoms with van der Waals surface area (Å²) in [4.78, 5) is 39.3. The van der Waals surface area contributed by atoms with Gasteiger partial charge in [-0.2, -0.15) is 5.10 Å². The molecule has 0 aliphatic heterocycles. The van der Waals surface area contributed by atoms with Crippen molar-refractivity contribution in [3.05, 3.63) is 76.2 Å². The molecule has 3 aromatic rings. The molecule has 3 rings (SSSR count). The minimum atomic E-state index is -0.653. The van der Waals surface area contributed by atoms with Crippen molar-refractivity contribution in [2.24, 2.45) is 5.92 Å². The summed E-state index contributed by atoms with van der Waals surface area (Å²) in [5.74, 6) is -0.554. The number of aromatic nitrogens is 2. The third-order valence-corrected chi connectivity index (χ3v) is 4.99. The predicted molar refractivity (Wildman–Crippen MR) is 116 cm³/mol. The van der Waals surface area contributed by atoms with Crippen LogP contribution in [0.4, 0.5) is 0 Å². The number of hydrogen-bond donors (Lipinski definition) is 2. The molecule has 0 spiro atoms. The summed E-state index contributed by atoms with van der Waals surface area (Å²) in [6.45, 7) is 4.25. The lowest BCUT2D eigenvalue weighted by molar-refractivity contribution is -0.136. The number of H-pyrrole nitrogens is 1. The van der Waals surface area contributed by atoms with Crippen LogP contribution < -0.4 is 10.9 Å². The molecule has 2 N–H and O–H groups in total. The topological polar surface area (TPSA) is 95.2 Å². The highest BCUT2D eigenvalue weighted by atomic mass is 16.2. The van der Waals surface area contributed by atoms with Gasteiger partial charge < -0.3 is 10.2 Å². The number of likely N-dealkylation sites (N-methyl/N-ethyl adjacent to an activating group) is 1. The van der Waals surface area contributed by atoms with Gasteiger partial charge in [-0.15, -0.1) is 0 Å². The normalized spacial score (nSPS) is 12.0. The van der Waals surface area contributed by atoms with Crippen molar-refractivity contribution in [2.75, 3.05) is 7.05 Å². The van der Waals surface area contributed by atoms with Gasteiger partial charge in [0.2, 0.25) is 11.8 Å². The van der Waals surface area contributed by atoms with E-state index < -0.39 is 6.04 Å².